The maximum absolute atomic E-state index is 4.43. The van der Waals surface area contributed by atoms with Crippen LogP contribution >= 0.6 is 27.7 Å². The maximum atomic E-state index is 4.43. The number of thioether (sulfide) groups is 1. The lowest BCUT2D eigenvalue weighted by molar-refractivity contribution is 0.749. The van der Waals surface area contributed by atoms with Crippen molar-refractivity contribution in [2.45, 2.75) is 25.8 Å². The Morgan fingerprint density at radius 1 is 1.53 bits per heavy atom. The summed E-state index contributed by atoms with van der Waals surface area (Å²) >= 11 is 5.22. The predicted molar refractivity (Wildman–Crippen MR) is 69.5 cm³/mol. The van der Waals surface area contributed by atoms with Crippen LogP contribution in [0.4, 0.5) is 5.95 Å². The van der Waals surface area contributed by atoms with E-state index < -0.39 is 0 Å². The van der Waals surface area contributed by atoms with E-state index in [2.05, 4.69) is 45.1 Å². The fraction of sp³-hybridized carbons (Fsp3) is 0.600. The molecular weight excluding hydrogens is 274 g/mol. The van der Waals surface area contributed by atoms with Gasteiger partial charge < -0.3 is 5.32 Å². The van der Waals surface area contributed by atoms with Crippen molar-refractivity contribution < 1.29 is 0 Å². The van der Waals surface area contributed by atoms with Crippen LogP contribution in [0.2, 0.25) is 0 Å². The number of hydrogen-bond donors (Lipinski definition) is 1. The van der Waals surface area contributed by atoms with Crippen molar-refractivity contribution in [2.24, 2.45) is 5.92 Å². The molecule has 1 aromatic rings. The van der Waals surface area contributed by atoms with E-state index in [4.69, 9.17) is 0 Å². The van der Waals surface area contributed by atoms with E-state index in [1.54, 1.807) is 18.0 Å². The molecule has 1 rings (SSSR count). The smallest absolute Gasteiger partial charge is 0.223 e. The standard InChI is InChI=1S/C10H16BrN3S/c1-4-12-10-13-5-8(11)9(14-10)15-6-7(2)3/h5,7H,4,6H2,1-3H3,(H,12,13,14). The lowest BCUT2D eigenvalue weighted by atomic mass is 10.3. The molecule has 0 amide bonds. The molecule has 0 saturated heterocycles. The minimum atomic E-state index is 0.666. The number of rotatable bonds is 5. The summed E-state index contributed by atoms with van der Waals surface area (Å²) in [5.41, 5.74) is 0. The van der Waals surface area contributed by atoms with Gasteiger partial charge in [-0.3, -0.25) is 0 Å². The Balaban J connectivity index is 2.71. The van der Waals surface area contributed by atoms with Crippen LogP contribution in [0.25, 0.3) is 0 Å². The molecule has 0 radical (unpaired) electrons. The van der Waals surface area contributed by atoms with Crippen LogP contribution in [0.5, 0.6) is 0 Å². The Morgan fingerprint density at radius 2 is 2.27 bits per heavy atom. The molecular formula is C10H16BrN3S. The molecule has 0 bridgehead atoms. The van der Waals surface area contributed by atoms with Gasteiger partial charge in [0, 0.05) is 18.5 Å². The zero-order valence-electron chi connectivity index (χ0n) is 9.25. The van der Waals surface area contributed by atoms with Crippen molar-refractivity contribution in [2.75, 3.05) is 17.6 Å². The van der Waals surface area contributed by atoms with Crippen molar-refractivity contribution in [3.8, 4) is 0 Å². The summed E-state index contributed by atoms with van der Waals surface area (Å²) in [5, 5.41) is 4.12. The van der Waals surface area contributed by atoms with Crippen LogP contribution in [-0.4, -0.2) is 22.3 Å². The van der Waals surface area contributed by atoms with Crippen LogP contribution in [-0.2, 0) is 0 Å². The summed E-state index contributed by atoms with van der Waals surface area (Å²) in [6, 6.07) is 0. The molecule has 3 nitrogen and oxygen atoms in total. The van der Waals surface area contributed by atoms with E-state index in [9.17, 15) is 0 Å². The first kappa shape index (κ1) is 12.8. The van der Waals surface area contributed by atoms with Crippen LogP contribution in [0.15, 0.2) is 15.7 Å². The third-order valence-electron chi connectivity index (χ3n) is 1.60. The van der Waals surface area contributed by atoms with E-state index in [-0.39, 0.29) is 0 Å². The first-order valence-corrected chi connectivity index (χ1v) is 6.80. The number of halogens is 1. The number of nitrogens with one attached hydrogen (secondary N) is 1. The van der Waals surface area contributed by atoms with Gasteiger partial charge in [0.05, 0.1) is 4.47 Å². The number of anilines is 1. The van der Waals surface area contributed by atoms with Crippen molar-refractivity contribution in [3.63, 3.8) is 0 Å². The fourth-order valence-corrected chi connectivity index (χ4v) is 2.31. The molecule has 0 atom stereocenters. The number of hydrogen-bond acceptors (Lipinski definition) is 4. The van der Waals surface area contributed by atoms with Crippen LogP contribution in [0.3, 0.4) is 0 Å². The van der Waals surface area contributed by atoms with Crippen LogP contribution in [0, 0.1) is 5.92 Å². The summed E-state index contributed by atoms with van der Waals surface area (Å²) in [6.07, 6.45) is 1.80. The Bertz CT molecular complexity index is 318. The molecule has 1 aromatic heterocycles. The van der Waals surface area contributed by atoms with Crippen LogP contribution < -0.4 is 5.32 Å². The molecule has 5 heteroatoms. The molecule has 0 fully saturated rings. The Labute approximate surface area is 104 Å². The summed E-state index contributed by atoms with van der Waals surface area (Å²) < 4.78 is 0.967. The predicted octanol–water partition coefficient (Wildman–Crippen LogP) is 3.42. The Morgan fingerprint density at radius 3 is 2.87 bits per heavy atom. The first-order chi connectivity index (χ1) is 7.13. The molecule has 0 aliphatic carbocycles. The Kier molecular flexibility index (Phi) is 5.39. The van der Waals surface area contributed by atoms with Gasteiger partial charge in [-0.2, -0.15) is 0 Å². The van der Waals surface area contributed by atoms with Crippen molar-refractivity contribution >= 4 is 33.6 Å². The average molecular weight is 290 g/mol. The molecule has 15 heavy (non-hydrogen) atoms. The molecule has 1 heterocycles. The lowest BCUT2D eigenvalue weighted by Gasteiger charge is -2.07. The highest BCUT2D eigenvalue weighted by molar-refractivity contribution is 9.10. The second kappa shape index (κ2) is 6.33. The van der Waals surface area contributed by atoms with E-state index in [1.165, 1.54) is 0 Å². The second-order valence-corrected chi connectivity index (χ2v) is 5.44. The lowest BCUT2D eigenvalue weighted by Crippen LogP contribution is -2.03. The van der Waals surface area contributed by atoms with Gasteiger partial charge in [0.25, 0.3) is 0 Å². The van der Waals surface area contributed by atoms with E-state index in [1.807, 2.05) is 6.92 Å². The molecule has 0 spiro atoms. The van der Waals surface area contributed by atoms with Gasteiger partial charge in [0.1, 0.15) is 5.03 Å². The van der Waals surface area contributed by atoms with E-state index in [0.717, 1.165) is 21.8 Å². The monoisotopic (exact) mass is 289 g/mol. The van der Waals surface area contributed by atoms with Gasteiger partial charge >= 0.3 is 0 Å². The Hall–Kier alpha value is -0.290. The molecule has 0 aromatic carbocycles. The zero-order valence-corrected chi connectivity index (χ0v) is 11.7. The average Bonchev–Trinajstić information content (AvgIpc) is 2.19. The summed E-state index contributed by atoms with van der Waals surface area (Å²) in [6.45, 7) is 7.28. The molecule has 0 unspecified atom stereocenters. The number of nitrogens with zero attached hydrogens (tertiary/aromatic N) is 2. The molecule has 1 N–H and O–H groups in total. The normalized spacial score (nSPS) is 10.7. The topological polar surface area (TPSA) is 37.8 Å². The summed E-state index contributed by atoms with van der Waals surface area (Å²) in [5.74, 6) is 2.44. The van der Waals surface area contributed by atoms with Crippen LogP contribution in [0.1, 0.15) is 20.8 Å². The van der Waals surface area contributed by atoms with Gasteiger partial charge in [-0.25, -0.2) is 9.97 Å². The highest BCUT2D eigenvalue weighted by atomic mass is 79.9. The summed E-state index contributed by atoms with van der Waals surface area (Å²) in [7, 11) is 0. The number of aromatic nitrogens is 2. The molecule has 0 saturated carbocycles. The second-order valence-electron chi connectivity index (χ2n) is 3.58. The third-order valence-corrected chi connectivity index (χ3v) is 3.86. The van der Waals surface area contributed by atoms with E-state index in [0.29, 0.717) is 11.9 Å². The SMILES string of the molecule is CCNc1ncc(Br)c(SCC(C)C)n1. The molecule has 0 aliphatic heterocycles. The van der Waals surface area contributed by atoms with E-state index >= 15 is 0 Å². The van der Waals surface area contributed by atoms with Gasteiger partial charge in [0.2, 0.25) is 5.95 Å². The third kappa shape index (κ3) is 4.38. The van der Waals surface area contributed by atoms with Crippen molar-refractivity contribution in [3.05, 3.63) is 10.7 Å². The maximum Gasteiger partial charge on any atom is 0.223 e. The largest absolute Gasteiger partial charge is 0.354 e. The molecule has 0 aliphatic rings. The van der Waals surface area contributed by atoms with Gasteiger partial charge in [-0.05, 0) is 28.8 Å². The minimum Gasteiger partial charge on any atom is -0.354 e. The van der Waals surface area contributed by atoms with Crippen molar-refractivity contribution in [1.29, 1.82) is 0 Å². The summed E-state index contributed by atoms with van der Waals surface area (Å²) in [4.78, 5) is 8.60. The quantitative estimate of drug-likeness (QED) is 0.666. The first-order valence-electron chi connectivity index (χ1n) is 5.02. The van der Waals surface area contributed by atoms with Gasteiger partial charge in [-0.15, -0.1) is 11.8 Å². The highest BCUT2D eigenvalue weighted by Crippen LogP contribution is 2.27. The van der Waals surface area contributed by atoms with Crippen molar-refractivity contribution in [1.82, 2.24) is 9.97 Å². The molecule has 84 valence electrons. The highest BCUT2D eigenvalue weighted by Gasteiger charge is 2.06. The minimum absolute atomic E-state index is 0.666. The van der Waals surface area contributed by atoms with Gasteiger partial charge in [-0.1, -0.05) is 13.8 Å². The fourth-order valence-electron chi connectivity index (χ4n) is 0.942. The zero-order chi connectivity index (χ0) is 11.3. The van der Waals surface area contributed by atoms with Gasteiger partial charge in [0.15, 0.2) is 0 Å².